The van der Waals surface area contributed by atoms with E-state index in [1.54, 1.807) is 0 Å². The molecule has 692 valence electrons. The van der Waals surface area contributed by atoms with Crippen LogP contribution in [-0.4, -0.2) is 212 Å². The highest BCUT2D eigenvalue weighted by Gasteiger charge is 2.20. The molecule has 24 nitrogen and oxygen atoms in total. The molecule has 0 bridgehead atoms. The Balaban J connectivity index is 0.000000210. The molecule has 18 N–H and O–H groups in total. The number of carbonyl (C=O) groups excluding carboxylic acids is 2. The van der Waals surface area contributed by atoms with E-state index in [9.17, 15) is 38.4 Å². The molecule has 0 amide bonds. The second-order valence-corrected chi connectivity index (χ2v) is 34.6. The molecule has 4 aliphatic heterocycles. The maximum atomic E-state index is 12.0. The van der Waals surface area contributed by atoms with Crippen molar-refractivity contribution >= 4 is 47.4 Å². The third-order valence-corrected chi connectivity index (χ3v) is 23.6. The lowest BCUT2D eigenvalue weighted by atomic mass is 10.00. The van der Waals surface area contributed by atoms with Gasteiger partial charge in [-0.1, -0.05) is 232 Å². The zero-order valence-electron chi connectivity index (χ0n) is 75.0. The van der Waals surface area contributed by atoms with Gasteiger partial charge in [-0.15, -0.1) is 0 Å². The molecule has 0 saturated carbocycles. The summed E-state index contributed by atoms with van der Waals surface area (Å²) in [4.78, 5) is 98.7. The predicted octanol–water partition coefficient (Wildman–Crippen LogP) is 12.2. The van der Waals surface area contributed by atoms with Crippen molar-refractivity contribution in [2.45, 2.75) is 229 Å². The summed E-state index contributed by atoms with van der Waals surface area (Å²) in [7, 11) is 0. The predicted molar refractivity (Wildman–Crippen MR) is 507 cm³/mol. The van der Waals surface area contributed by atoms with E-state index in [-0.39, 0.29) is 24.4 Å². The number of piperidine rings is 4. The van der Waals surface area contributed by atoms with Crippen molar-refractivity contribution < 1.29 is 69.0 Å². The lowest BCUT2D eigenvalue weighted by Gasteiger charge is -2.26. The molecule has 4 heterocycles. The standard InChI is InChI=1S/2C18H19NO3.4C17H26N2O2/c2*19-17(18(21)22)12-15-8-6-14(7-9-15)11-16(20)10-13-4-2-1-3-5-13;4*18-16(17(20)21)13-15-8-6-14(7-9-15)5-4-12-19-10-2-1-3-11-19/h2*1-9,17H,10-12,19H2,(H,21,22);4*6-9,16H,1-5,10-13,18H2,(H,20,21)/t2*17-;4*16-/m101100/s1. The van der Waals surface area contributed by atoms with Crippen LogP contribution in [0.2, 0.25) is 0 Å². The number of aryl methyl sites for hydroxylation is 4. The first kappa shape index (κ1) is 105. The van der Waals surface area contributed by atoms with Crippen LogP contribution in [0, 0.1) is 0 Å². The summed E-state index contributed by atoms with van der Waals surface area (Å²) in [6.07, 6.45) is 29.1. The second-order valence-electron chi connectivity index (χ2n) is 34.6. The van der Waals surface area contributed by atoms with E-state index in [1.807, 2.05) is 158 Å². The normalized spacial score (nSPS) is 15.6. The second kappa shape index (κ2) is 59.6. The van der Waals surface area contributed by atoms with Crippen LogP contribution in [-0.2, 0) is 128 Å². The summed E-state index contributed by atoms with van der Waals surface area (Å²) >= 11 is 0. The minimum atomic E-state index is -1.01. The van der Waals surface area contributed by atoms with E-state index < -0.39 is 72.1 Å². The third kappa shape index (κ3) is 44.0. The van der Waals surface area contributed by atoms with Gasteiger partial charge in [0.1, 0.15) is 47.8 Å². The molecule has 8 aromatic rings. The molecule has 4 aliphatic rings. The number of hydrogen-bond acceptors (Lipinski definition) is 18. The largest absolute Gasteiger partial charge is 0.480 e. The number of carbonyl (C=O) groups is 8. The highest BCUT2D eigenvalue weighted by Crippen LogP contribution is 2.20. The Kier molecular flexibility index (Phi) is 48.7. The Hall–Kier alpha value is -10.5. The molecular formula is C104H142N10O14. The first-order valence-electron chi connectivity index (χ1n) is 46.1. The third-order valence-electron chi connectivity index (χ3n) is 23.6. The average Bonchev–Trinajstić information content (AvgIpc) is 1.23. The van der Waals surface area contributed by atoms with Crippen molar-refractivity contribution in [3.05, 3.63) is 284 Å². The topological polar surface area (TPSA) is 427 Å². The van der Waals surface area contributed by atoms with Crippen LogP contribution in [0.4, 0.5) is 0 Å². The van der Waals surface area contributed by atoms with Gasteiger partial charge in [0.25, 0.3) is 0 Å². The number of carboxylic acid groups (broad SMARTS) is 6. The molecule has 24 heteroatoms. The van der Waals surface area contributed by atoms with Crippen LogP contribution in [0.25, 0.3) is 0 Å². The van der Waals surface area contributed by atoms with E-state index >= 15 is 0 Å². The van der Waals surface area contributed by atoms with Gasteiger partial charge >= 0.3 is 35.8 Å². The van der Waals surface area contributed by atoms with Crippen LogP contribution >= 0.6 is 0 Å². The summed E-state index contributed by atoms with van der Waals surface area (Å²) in [6, 6.07) is 61.7. The molecule has 0 radical (unpaired) electrons. The van der Waals surface area contributed by atoms with Crippen molar-refractivity contribution in [2.75, 3.05) is 78.5 Å². The highest BCUT2D eigenvalue weighted by atomic mass is 16.4. The summed E-state index contributed by atoms with van der Waals surface area (Å²) in [5.74, 6) is -5.49. The van der Waals surface area contributed by atoms with Crippen molar-refractivity contribution in [3.63, 3.8) is 0 Å². The maximum Gasteiger partial charge on any atom is 0.320 e. The van der Waals surface area contributed by atoms with Crippen molar-refractivity contribution in [2.24, 2.45) is 34.4 Å². The number of likely N-dealkylation sites (tertiary alicyclic amines) is 4. The fourth-order valence-electron chi connectivity index (χ4n) is 16.0. The van der Waals surface area contributed by atoms with Gasteiger partial charge in [-0.2, -0.15) is 0 Å². The van der Waals surface area contributed by atoms with Crippen LogP contribution in [0.3, 0.4) is 0 Å². The fourth-order valence-corrected chi connectivity index (χ4v) is 16.0. The molecule has 0 spiro atoms. The van der Waals surface area contributed by atoms with Gasteiger partial charge in [0, 0.05) is 25.7 Å². The van der Waals surface area contributed by atoms with Gasteiger partial charge in [0.2, 0.25) is 0 Å². The van der Waals surface area contributed by atoms with Crippen molar-refractivity contribution in [1.29, 1.82) is 0 Å². The summed E-state index contributed by atoms with van der Waals surface area (Å²) in [6.45, 7) is 14.8. The average molecular weight is 1760 g/mol. The number of rotatable bonds is 42. The lowest BCUT2D eigenvalue weighted by molar-refractivity contribution is -0.139. The Morgan fingerprint density at radius 1 is 0.211 bits per heavy atom. The Morgan fingerprint density at radius 3 is 0.523 bits per heavy atom. The van der Waals surface area contributed by atoms with Crippen LogP contribution in [0.15, 0.2) is 206 Å². The number of benzene rings is 8. The Bertz CT molecular complexity index is 4050. The number of aliphatic carboxylic acids is 6. The van der Waals surface area contributed by atoms with E-state index in [1.165, 1.54) is 204 Å². The van der Waals surface area contributed by atoms with Crippen LogP contribution < -0.4 is 34.4 Å². The number of carboxylic acids is 6. The molecule has 0 aromatic heterocycles. The van der Waals surface area contributed by atoms with Gasteiger partial charge in [0.05, 0.1) is 0 Å². The van der Waals surface area contributed by atoms with E-state index in [2.05, 4.69) is 68.1 Å². The highest BCUT2D eigenvalue weighted by molar-refractivity contribution is 5.84. The molecule has 128 heavy (non-hydrogen) atoms. The maximum absolute atomic E-state index is 12.0. The zero-order valence-corrected chi connectivity index (χ0v) is 75.0. The quantitative estimate of drug-likeness (QED) is 0.0169. The number of nitrogens with zero attached hydrogens (tertiary/aromatic N) is 4. The van der Waals surface area contributed by atoms with E-state index in [0.29, 0.717) is 51.4 Å². The Morgan fingerprint density at radius 2 is 0.359 bits per heavy atom. The number of ketones is 2. The molecule has 0 aliphatic carbocycles. The van der Waals surface area contributed by atoms with Gasteiger partial charge < -0.3 is 84.6 Å². The molecular weight excluding hydrogens is 1610 g/mol. The van der Waals surface area contributed by atoms with Gasteiger partial charge in [-0.05, 0) is 298 Å². The SMILES string of the molecule is N[C@@H](Cc1ccc(CC(=O)Cc2ccccc2)cc1)C(=O)O.N[C@@H](Cc1ccc(CCCN2CCCCC2)cc1)C(=O)O.N[C@@H](Cc1ccc(CCCN2CCCCC2)cc1)C(=O)O.N[C@H](Cc1ccc(CC(=O)Cc2ccccc2)cc1)C(=O)O.N[C@H](Cc1ccc(CCCN2CCCCC2)cc1)C(=O)O.N[C@H](Cc1ccc(CCCN2CCCCC2)cc1)C(=O)O. The zero-order chi connectivity index (χ0) is 92.2. The Labute approximate surface area is 757 Å². The summed E-state index contributed by atoms with van der Waals surface area (Å²) in [5, 5.41) is 52.8. The number of nitrogens with two attached hydrogens (primary N) is 6. The van der Waals surface area contributed by atoms with E-state index in [0.717, 1.165) is 81.3 Å². The van der Waals surface area contributed by atoms with E-state index in [4.69, 9.17) is 65.0 Å². The summed E-state index contributed by atoms with van der Waals surface area (Å²) in [5.41, 5.74) is 48.0. The number of hydrogen-bond donors (Lipinski definition) is 12. The van der Waals surface area contributed by atoms with Crippen molar-refractivity contribution in [3.8, 4) is 0 Å². The van der Waals surface area contributed by atoms with Crippen LogP contribution in [0.5, 0.6) is 0 Å². The minimum Gasteiger partial charge on any atom is -0.480 e. The lowest BCUT2D eigenvalue weighted by Crippen LogP contribution is -2.32. The smallest absolute Gasteiger partial charge is 0.320 e. The molecule has 4 saturated heterocycles. The molecule has 12 rings (SSSR count). The molecule has 4 fully saturated rings. The first-order valence-corrected chi connectivity index (χ1v) is 46.1. The van der Waals surface area contributed by atoms with Crippen molar-refractivity contribution in [1.82, 2.24) is 19.6 Å². The van der Waals surface area contributed by atoms with Gasteiger partial charge in [-0.3, -0.25) is 38.4 Å². The number of Topliss-reactive ketones (excluding diaryl/α,β-unsaturated/α-hetero) is 2. The molecule has 0 unspecified atom stereocenters. The molecule has 8 aromatic carbocycles. The minimum absolute atomic E-state index is 0.154. The van der Waals surface area contributed by atoms with Gasteiger partial charge in [0.15, 0.2) is 0 Å². The van der Waals surface area contributed by atoms with Gasteiger partial charge in [-0.25, -0.2) is 0 Å². The fraction of sp³-hybridized carbons (Fsp3) is 0.462. The summed E-state index contributed by atoms with van der Waals surface area (Å²) < 4.78 is 0. The van der Waals surface area contributed by atoms with Crippen LogP contribution in [0.1, 0.15) is 181 Å². The first-order chi connectivity index (χ1) is 61.7. The monoisotopic (exact) mass is 1760 g/mol. The molecule has 6 atom stereocenters.